The Bertz CT molecular complexity index is 278. The summed E-state index contributed by atoms with van der Waals surface area (Å²) in [5.41, 5.74) is 1.32. The minimum absolute atomic E-state index is 0.00917. The summed E-state index contributed by atoms with van der Waals surface area (Å²) in [4.78, 5) is 0. The lowest BCUT2D eigenvalue weighted by atomic mass is 9.88. The first kappa shape index (κ1) is 10.2. The van der Waals surface area contributed by atoms with E-state index in [1.807, 2.05) is 0 Å². The third kappa shape index (κ3) is 1.86. The van der Waals surface area contributed by atoms with E-state index in [1.165, 1.54) is 12.0 Å². The summed E-state index contributed by atoms with van der Waals surface area (Å²) in [7, 11) is 0. The maximum absolute atomic E-state index is 5.94. The van der Waals surface area contributed by atoms with Crippen molar-refractivity contribution in [1.82, 2.24) is 0 Å². The summed E-state index contributed by atoms with van der Waals surface area (Å²) in [6, 6.07) is 10.6. The van der Waals surface area contributed by atoms with Crippen LogP contribution in [0.15, 0.2) is 30.3 Å². The molecule has 0 spiro atoms. The topological polar surface area (TPSA) is 9.23 Å². The summed E-state index contributed by atoms with van der Waals surface area (Å²) in [6.45, 7) is 0.905. The van der Waals surface area contributed by atoms with Gasteiger partial charge in [-0.05, 0) is 24.8 Å². The lowest BCUT2D eigenvalue weighted by Crippen LogP contribution is -2.25. The van der Waals surface area contributed by atoms with Crippen molar-refractivity contribution in [3.8, 4) is 0 Å². The van der Waals surface area contributed by atoms with E-state index in [0.29, 0.717) is 0 Å². The van der Waals surface area contributed by atoms with E-state index in [0.717, 1.165) is 24.8 Å². The molecule has 2 rings (SSSR count). The number of hydrogen-bond acceptors (Lipinski definition) is 1. The molecule has 1 saturated heterocycles. The fourth-order valence-electron chi connectivity index (χ4n) is 2.16. The molecule has 1 aromatic rings. The molecule has 0 amide bonds. The Kier molecular flexibility index (Phi) is 3.24. The first-order chi connectivity index (χ1) is 6.87. The SMILES string of the molecule is BrCCC1(c2ccccc2)CCCO1. The molecule has 1 fully saturated rings. The van der Waals surface area contributed by atoms with Crippen LogP contribution in [0.5, 0.6) is 0 Å². The summed E-state index contributed by atoms with van der Waals surface area (Å²) >= 11 is 3.51. The molecule has 1 unspecified atom stereocenters. The van der Waals surface area contributed by atoms with E-state index in [9.17, 15) is 0 Å². The molecule has 1 aliphatic heterocycles. The van der Waals surface area contributed by atoms with Gasteiger partial charge in [-0.15, -0.1) is 0 Å². The second-order valence-corrected chi connectivity index (χ2v) is 4.54. The summed E-state index contributed by atoms with van der Waals surface area (Å²) < 4.78 is 5.94. The van der Waals surface area contributed by atoms with Gasteiger partial charge in [0.25, 0.3) is 0 Å². The van der Waals surface area contributed by atoms with Crippen LogP contribution in [0.3, 0.4) is 0 Å². The van der Waals surface area contributed by atoms with E-state index >= 15 is 0 Å². The zero-order chi connectivity index (χ0) is 9.86. The molecule has 0 aromatic heterocycles. The zero-order valence-corrected chi connectivity index (χ0v) is 9.79. The Morgan fingerprint density at radius 2 is 2.07 bits per heavy atom. The van der Waals surface area contributed by atoms with E-state index in [2.05, 4.69) is 46.3 Å². The van der Waals surface area contributed by atoms with Gasteiger partial charge in [-0.1, -0.05) is 46.3 Å². The Labute approximate surface area is 93.6 Å². The Hall–Kier alpha value is -0.340. The maximum Gasteiger partial charge on any atom is 0.0940 e. The molecule has 1 nitrogen and oxygen atoms in total. The van der Waals surface area contributed by atoms with Crippen molar-refractivity contribution in [3.05, 3.63) is 35.9 Å². The van der Waals surface area contributed by atoms with Gasteiger partial charge in [-0.3, -0.25) is 0 Å². The van der Waals surface area contributed by atoms with Gasteiger partial charge in [0.2, 0.25) is 0 Å². The maximum atomic E-state index is 5.94. The summed E-state index contributed by atoms with van der Waals surface area (Å²) in [5.74, 6) is 0. The van der Waals surface area contributed by atoms with Gasteiger partial charge in [0.15, 0.2) is 0 Å². The molecule has 0 bridgehead atoms. The minimum Gasteiger partial charge on any atom is -0.370 e. The van der Waals surface area contributed by atoms with Crippen molar-refractivity contribution >= 4 is 15.9 Å². The highest BCUT2D eigenvalue weighted by atomic mass is 79.9. The molecule has 0 radical (unpaired) electrons. The standard InChI is InChI=1S/C12H15BrO/c13-9-8-12(7-4-10-14-12)11-5-2-1-3-6-11/h1-3,5-6H,4,7-10H2. The second kappa shape index (κ2) is 4.45. The average molecular weight is 255 g/mol. The highest BCUT2D eigenvalue weighted by Gasteiger charge is 2.35. The fourth-order valence-corrected chi connectivity index (χ4v) is 2.80. The van der Waals surface area contributed by atoms with E-state index in [1.54, 1.807) is 0 Å². The lowest BCUT2D eigenvalue weighted by molar-refractivity contribution is -0.00190. The second-order valence-electron chi connectivity index (χ2n) is 3.75. The van der Waals surface area contributed by atoms with Gasteiger partial charge in [0.05, 0.1) is 5.60 Å². The summed E-state index contributed by atoms with van der Waals surface area (Å²) in [5, 5.41) is 1.00. The molecule has 0 N–H and O–H groups in total. The first-order valence-electron chi connectivity index (χ1n) is 5.13. The molecule has 1 aliphatic rings. The van der Waals surface area contributed by atoms with Gasteiger partial charge in [-0.2, -0.15) is 0 Å². The quantitative estimate of drug-likeness (QED) is 0.751. The van der Waals surface area contributed by atoms with Crippen molar-refractivity contribution < 1.29 is 4.74 Å². The molecular formula is C12H15BrO. The smallest absolute Gasteiger partial charge is 0.0940 e. The van der Waals surface area contributed by atoms with Crippen LogP contribution in [0.4, 0.5) is 0 Å². The van der Waals surface area contributed by atoms with Crippen LogP contribution in [0.1, 0.15) is 24.8 Å². The number of benzene rings is 1. The van der Waals surface area contributed by atoms with E-state index in [4.69, 9.17) is 4.74 Å². The van der Waals surface area contributed by atoms with Crippen LogP contribution in [0, 0.1) is 0 Å². The number of ether oxygens (including phenoxy) is 1. The first-order valence-corrected chi connectivity index (χ1v) is 6.25. The van der Waals surface area contributed by atoms with Crippen LogP contribution >= 0.6 is 15.9 Å². The van der Waals surface area contributed by atoms with Crippen LogP contribution in [0.2, 0.25) is 0 Å². The number of alkyl halides is 1. The van der Waals surface area contributed by atoms with Crippen molar-refractivity contribution in [1.29, 1.82) is 0 Å². The molecule has 0 aliphatic carbocycles. The van der Waals surface area contributed by atoms with Crippen molar-refractivity contribution in [2.75, 3.05) is 11.9 Å². The minimum atomic E-state index is -0.00917. The highest BCUT2D eigenvalue weighted by molar-refractivity contribution is 9.09. The van der Waals surface area contributed by atoms with Gasteiger partial charge >= 0.3 is 0 Å². The van der Waals surface area contributed by atoms with Gasteiger partial charge in [-0.25, -0.2) is 0 Å². The molecule has 1 aromatic carbocycles. The molecular weight excluding hydrogens is 240 g/mol. The van der Waals surface area contributed by atoms with E-state index in [-0.39, 0.29) is 5.60 Å². The van der Waals surface area contributed by atoms with Crippen LogP contribution in [-0.4, -0.2) is 11.9 Å². The van der Waals surface area contributed by atoms with Crippen LogP contribution in [-0.2, 0) is 10.3 Å². The highest BCUT2D eigenvalue weighted by Crippen LogP contribution is 2.39. The summed E-state index contributed by atoms with van der Waals surface area (Å²) in [6.07, 6.45) is 3.40. The van der Waals surface area contributed by atoms with Crippen LogP contribution < -0.4 is 0 Å². The number of hydrogen-bond donors (Lipinski definition) is 0. The zero-order valence-electron chi connectivity index (χ0n) is 8.21. The molecule has 1 atom stereocenters. The molecule has 14 heavy (non-hydrogen) atoms. The molecule has 1 heterocycles. The van der Waals surface area contributed by atoms with Crippen molar-refractivity contribution in [2.24, 2.45) is 0 Å². The lowest BCUT2D eigenvalue weighted by Gasteiger charge is -2.28. The Morgan fingerprint density at radius 3 is 2.64 bits per heavy atom. The molecule has 0 saturated carbocycles. The largest absolute Gasteiger partial charge is 0.370 e. The number of rotatable bonds is 3. The predicted molar refractivity (Wildman–Crippen MR) is 61.7 cm³/mol. The van der Waals surface area contributed by atoms with Crippen LogP contribution in [0.25, 0.3) is 0 Å². The molecule has 2 heteroatoms. The average Bonchev–Trinajstić information content (AvgIpc) is 2.70. The van der Waals surface area contributed by atoms with Gasteiger partial charge < -0.3 is 4.74 Å². The third-order valence-electron chi connectivity index (χ3n) is 2.90. The molecule has 76 valence electrons. The normalized spacial score (nSPS) is 26.6. The van der Waals surface area contributed by atoms with Gasteiger partial charge in [0.1, 0.15) is 0 Å². The van der Waals surface area contributed by atoms with Crippen molar-refractivity contribution in [3.63, 3.8) is 0 Å². The van der Waals surface area contributed by atoms with E-state index < -0.39 is 0 Å². The fraction of sp³-hybridized carbons (Fsp3) is 0.500. The predicted octanol–water partition coefficient (Wildman–Crippen LogP) is 3.48. The Morgan fingerprint density at radius 1 is 1.29 bits per heavy atom. The monoisotopic (exact) mass is 254 g/mol. The number of halogens is 1. The van der Waals surface area contributed by atoms with Gasteiger partial charge in [0, 0.05) is 11.9 Å². The Balaban J connectivity index is 2.27. The third-order valence-corrected chi connectivity index (χ3v) is 3.30. The van der Waals surface area contributed by atoms with Crippen molar-refractivity contribution in [2.45, 2.75) is 24.9 Å².